The maximum absolute atomic E-state index is 13.8. The molecule has 2 bridgehead atoms. The molecule has 1 unspecified atom stereocenters. The molecule has 6 rings (SSSR count). The van der Waals surface area contributed by atoms with Crippen molar-refractivity contribution in [2.75, 3.05) is 79.2 Å². The van der Waals surface area contributed by atoms with Gasteiger partial charge in [0.15, 0.2) is 11.5 Å². The van der Waals surface area contributed by atoms with Gasteiger partial charge in [-0.2, -0.15) is 5.10 Å². The monoisotopic (exact) mass is 733 g/mol. The summed E-state index contributed by atoms with van der Waals surface area (Å²) in [4.78, 5) is 59.7. The van der Waals surface area contributed by atoms with Gasteiger partial charge in [-0.25, -0.2) is 4.98 Å². The molecule has 16 heteroatoms. The number of carboxylic acid groups (broad SMARTS) is 1. The molecule has 0 spiro atoms. The van der Waals surface area contributed by atoms with Gasteiger partial charge in [-0.05, 0) is 30.9 Å². The largest absolute Gasteiger partial charge is 0.493 e. The summed E-state index contributed by atoms with van der Waals surface area (Å²) in [6.07, 6.45) is 3.75. The van der Waals surface area contributed by atoms with Crippen LogP contribution in [-0.4, -0.2) is 128 Å². The fourth-order valence-corrected chi connectivity index (χ4v) is 6.91. The van der Waals surface area contributed by atoms with Crippen LogP contribution >= 0.6 is 0 Å². The molecule has 0 aliphatic carbocycles. The molecule has 2 aliphatic heterocycles. The second-order valence-corrected chi connectivity index (χ2v) is 12.8. The third kappa shape index (κ3) is 9.06. The number of anilines is 1. The molecule has 16 nitrogen and oxygen atoms in total. The lowest BCUT2D eigenvalue weighted by Gasteiger charge is -2.35. The molecule has 0 saturated carbocycles. The Bertz CT molecular complexity index is 1920. The van der Waals surface area contributed by atoms with Crippen molar-refractivity contribution in [3.05, 3.63) is 48.2 Å². The van der Waals surface area contributed by atoms with E-state index >= 15 is 0 Å². The number of hydrogen-bond donors (Lipinski definition) is 2. The molecular formula is C37H47N7O9. The second kappa shape index (κ2) is 18.2. The van der Waals surface area contributed by atoms with Crippen molar-refractivity contribution in [2.45, 2.75) is 32.4 Å². The van der Waals surface area contributed by atoms with Gasteiger partial charge in [0.05, 0.1) is 38.6 Å². The van der Waals surface area contributed by atoms with E-state index in [1.165, 1.54) is 7.11 Å². The van der Waals surface area contributed by atoms with Crippen molar-refractivity contribution in [3.8, 4) is 17.2 Å². The van der Waals surface area contributed by atoms with Crippen molar-refractivity contribution >= 4 is 51.8 Å². The number of fused-ring (bicyclic) bond motifs is 6. The maximum Gasteiger partial charge on any atom is 0.290 e. The zero-order valence-corrected chi connectivity index (χ0v) is 30.6. The van der Waals surface area contributed by atoms with Crippen LogP contribution in [0.5, 0.6) is 17.2 Å². The molecule has 4 heterocycles. The predicted octanol–water partition coefficient (Wildman–Crippen LogP) is 2.55. The Labute approximate surface area is 307 Å². The summed E-state index contributed by atoms with van der Waals surface area (Å²) in [5, 5.41) is 16.1. The number of para-hydroxylation sites is 1. The van der Waals surface area contributed by atoms with Crippen LogP contribution in [-0.2, 0) is 37.0 Å². The minimum Gasteiger partial charge on any atom is -0.493 e. The number of pyridine rings is 1. The highest BCUT2D eigenvalue weighted by molar-refractivity contribution is 5.92. The number of carbonyl (C=O) groups excluding carboxylic acids is 3. The Hall–Kier alpha value is -5.64. The molecule has 2 aromatic carbocycles. The standard InChI is InChI=1S/C36H45N7O7.CH2O2/c1-47-23-33(46)41-15-14-40(32(45)22-43-29-10-6-5-9-25(29)19-38-43)13-11-31(44)37-18-24-8-7-12-42(20-24)36-26(21-41)16-27-28(39-36)17-30(48-2)35(50-4)34(27)49-3;2-1-3/h5-6,9-10,16-17,19,24H,7-8,11-15,18,20-23H2,1-4H3,(H,37,44);1H,(H,2,3). The summed E-state index contributed by atoms with van der Waals surface area (Å²) in [5.41, 5.74) is 2.31. The average Bonchev–Trinajstić information content (AvgIpc) is 3.57. The Morgan fingerprint density at radius 2 is 1.74 bits per heavy atom. The van der Waals surface area contributed by atoms with E-state index < -0.39 is 0 Å². The third-order valence-corrected chi connectivity index (χ3v) is 9.50. The molecule has 2 N–H and O–H groups in total. The van der Waals surface area contributed by atoms with Crippen LogP contribution in [0.3, 0.4) is 0 Å². The molecule has 1 saturated heterocycles. The fraction of sp³-hybridized carbons (Fsp3) is 0.459. The van der Waals surface area contributed by atoms with Crippen LogP contribution in [0.1, 0.15) is 24.8 Å². The summed E-state index contributed by atoms with van der Waals surface area (Å²) in [6.45, 7) is 2.42. The highest BCUT2D eigenvalue weighted by Crippen LogP contribution is 2.44. The van der Waals surface area contributed by atoms with Crippen molar-refractivity contribution in [3.63, 3.8) is 0 Å². The number of benzene rings is 2. The highest BCUT2D eigenvalue weighted by atomic mass is 16.5. The Balaban J connectivity index is 0.00000175. The van der Waals surface area contributed by atoms with Gasteiger partial charge in [0, 0.05) is 81.7 Å². The van der Waals surface area contributed by atoms with Crippen LogP contribution in [0.15, 0.2) is 42.6 Å². The van der Waals surface area contributed by atoms with Crippen LogP contribution in [0.2, 0.25) is 0 Å². The number of nitrogens with zero attached hydrogens (tertiary/aromatic N) is 6. The van der Waals surface area contributed by atoms with Crippen LogP contribution in [0, 0.1) is 5.92 Å². The molecule has 2 aliphatic rings. The van der Waals surface area contributed by atoms with Crippen molar-refractivity contribution in [2.24, 2.45) is 5.92 Å². The summed E-state index contributed by atoms with van der Waals surface area (Å²) in [5.74, 6) is 1.80. The molecular weight excluding hydrogens is 686 g/mol. The maximum atomic E-state index is 13.8. The number of amides is 3. The third-order valence-electron chi connectivity index (χ3n) is 9.50. The molecule has 2 aromatic heterocycles. The van der Waals surface area contributed by atoms with Crippen LogP contribution in [0.4, 0.5) is 5.82 Å². The lowest BCUT2D eigenvalue weighted by molar-refractivity contribution is -0.138. The van der Waals surface area contributed by atoms with E-state index in [1.54, 1.807) is 42.0 Å². The lowest BCUT2D eigenvalue weighted by atomic mass is 9.97. The first-order valence-electron chi connectivity index (χ1n) is 17.4. The minimum atomic E-state index is -0.250. The highest BCUT2D eigenvalue weighted by Gasteiger charge is 2.28. The second-order valence-electron chi connectivity index (χ2n) is 12.8. The van der Waals surface area contributed by atoms with Gasteiger partial charge in [0.2, 0.25) is 23.5 Å². The van der Waals surface area contributed by atoms with Gasteiger partial charge in [-0.3, -0.25) is 23.9 Å². The number of hydrogen-bond acceptors (Lipinski definition) is 11. The first kappa shape index (κ1) is 38.6. The van der Waals surface area contributed by atoms with Gasteiger partial charge < -0.3 is 44.1 Å². The zero-order valence-electron chi connectivity index (χ0n) is 30.6. The zero-order chi connectivity index (χ0) is 37.9. The van der Waals surface area contributed by atoms with Gasteiger partial charge in [-0.1, -0.05) is 18.2 Å². The smallest absolute Gasteiger partial charge is 0.290 e. The topological polar surface area (TPSA) is 178 Å². The number of carbonyl (C=O) groups is 4. The summed E-state index contributed by atoms with van der Waals surface area (Å²) in [7, 11) is 6.18. The van der Waals surface area contributed by atoms with Crippen molar-refractivity contribution in [1.82, 2.24) is 29.9 Å². The predicted molar refractivity (Wildman–Crippen MR) is 196 cm³/mol. The summed E-state index contributed by atoms with van der Waals surface area (Å²) < 4.78 is 24.1. The van der Waals surface area contributed by atoms with Gasteiger partial charge >= 0.3 is 0 Å². The van der Waals surface area contributed by atoms with E-state index in [0.29, 0.717) is 41.2 Å². The molecule has 53 heavy (non-hydrogen) atoms. The van der Waals surface area contributed by atoms with Gasteiger partial charge in [-0.15, -0.1) is 0 Å². The Kier molecular flexibility index (Phi) is 13.3. The van der Waals surface area contributed by atoms with E-state index in [-0.39, 0.29) is 75.9 Å². The molecule has 3 amide bonds. The summed E-state index contributed by atoms with van der Waals surface area (Å²) >= 11 is 0. The van der Waals surface area contributed by atoms with Crippen molar-refractivity contribution in [1.29, 1.82) is 0 Å². The van der Waals surface area contributed by atoms with E-state index in [2.05, 4.69) is 15.3 Å². The number of aromatic nitrogens is 3. The van der Waals surface area contributed by atoms with Gasteiger partial charge in [0.25, 0.3) is 6.47 Å². The van der Waals surface area contributed by atoms with E-state index in [9.17, 15) is 14.4 Å². The first-order chi connectivity index (χ1) is 25.7. The average molecular weight is 734 g/mol. The van der Waals surface area contributed by atoms with Gasteiger partial charge in [0.1, 0.15) is 19.0 Å². The number of rotatable bonds is 7. The number of ether oxygens (including phenoxy) is 4. The SMILES string of the molecule is COCC(=O)N1CCN(C(=O)Cn2ncc3ccccc32)CCC(=O)NCC2CCCN(C2)c2nc3cc(OC)c(OC)c(OC)c3cc2C1.O=CO. The quantitative estimate of drug-likeness (QED) is 0.266. The molecule has 0 radical (unpaired) electrons. The number of nitrogens with one attached hydrogen (secondary N) is 1. The summed E-state index contributed by atoms with van der Waals surface area (Å²) in [6, 6.07) is 11.5. The molecule has 4 aromatic rings. The van der Waals surface area contributed by atoms with E-state index in [1.807, 2.05) is 36.4 Å². The number of piperidine rings is 1. The number of methoxy groups -OCH3 is 4. The lowest BCUT2D eigenvalue weighted by Crippen LogP contribution is -2.44. The van der Waals surface area contributed by atoms with Crippen LogP contribution < -0.4 is 24.4 Å². The molecule has 284 valence electrons. The van der Waals surface area contributed by atoms with E-state index in [0.717, 1.165) is 41.7 Å². The first-order valence-corrected chi connectivity index (χ1v) is 17.4. The normalized spacial score (nSPS) is 16.7. The van der Waals surface area contributed by atoms with Crippen molar-refractivity contribution < 1.29 is 43.2 Å². The molecule has 1 atom stereocenters. The van der Waals surface area contributed by atoms with Crippen LogP contribution in [0.25, 0.3) is 21.8 Å². The van der Waals surface area contributed by atoms with E-state index in [4.69, 9.17) is 33.8 Å². The molecule has 1 fully saturated rings. The minimum absolute atomic E-state index is 0.00200. The Morgan fingerprint density at radius 3 is 2.47 bits per heavy atom. The fourth-order valence-electron chi connectivity index (χ4n) is 6.91. The Morgan fingerprint density at radius 1 is 0.981 bits per heavy atom.